The van der Waals surface area contributed by atoms with Gasteiger partial charge < -0.3 is 19.7 Å². The number of halogens is 1. The Kier molecular flexibility index (Phi) is 8.50. The van der Waals surface area contributed by atoms with Gasteiger partial charge in [0.2, 0.25) is 5.95 Å². The molecule has 6 rings (SSSR count). The molecule has 1 atom stereocenters. The van der Waals surface area contributed by atoms with E-state index in [1.54, 1.807) is 23.6 Å². The van der Waals surface area contributed by atoms with Crippen LogP contribution >= 0.6 is 11.3 Å². The molecule has 8 nitrogen and oxygen atoms in total. The molecule has 1 saturated heterocycles. The third-order valence-electron chi connectivity index (χ3n) is 6.72. The summed E-state index contributed by atoms with van der Waals surface area (Å²) in [6.45, 7) is 4.57. The number of anilines is 4. The lowest BCUT2D eigenvalue weighted by Crippen LogP contribution is -2.36. The molecule has 42 heavy (non-hydrogen) atoms. The number of aryl methyl sites for hydroxylation is 1. The van der Waals surface area contributed by atoms with E-state index in [4.69, 9.17) is 14.7 Å². The van der Waals surface area contributed by atoms with Gasteiger partial charge in [0, 0.05) is 36.2 Å². The lowest BCUT2D eigenvalue weighted by molar-refractivity contribution is 0.122. The van der Waals surface area contributed by atoms with Crippen molar-refractivity contribution in [3.63, 3.8) is 0 Å². The normalized spacial score (nSPS) is 14.0. The molecule has 0 radical (unpaired) electrons. The molecule has 1 fully saturated rings. The number of nitrogens with one attached hydrogen (secondary N) is 2. The highest BCUT2D eigenvalue weighted by Gasteiger charge is 2.18. The van der Waals surface area contributed by atoms with Crippen molar-refractivity contribution in [3.05, 3.63) is 95.9 Å². The van der Waals surface area contributed by atoms with Gasteiger partial charge in [0.25, 0.3) is 0 Å². The first kappa shape index (κ1) is 28.0. The minimum absolute atomic E-state index is 0.308. The van der Waals surface area contributed by atoms with E-state index in [-0.39, 0.29) is 5.82 Å². The van der Waals surface area contributed by atoms with Gasteiger partial charge in [0.05, 0.1) is 45.1 Å². The fourth-order valence-electron chi connectivity index (χ4n) is 4.64. The van der Waals surface area contributed by atoms with Crippen LogP contribution in [0, 0.1) is 5.82 Å². The zero-order chi connectivity index (χ0) is 28.9. The molecule has 0 saturated carbocycles. The van der Waals surface area contributed by atoms with Crippen molar-refractivity contribution in [1.82, 2.24) is 15.0 Å². The highest BCUT2D eigenvalue weighted by atomic mass is 32.2. The van der Waals surface area contributed by atoms with E-state index >= 15 is 0 Å². The number of benzene rings is 3. The molecule has 1 aliphatic heterocycles. The van der Waals surface area contributed by atoms with Crippen LogP contribution in [0.1, 0.15) is 11.9 Å². The number of nitrogens with zero attached hydrogens (tertiary/aromatic N) is 4. The molecule has 0 amide bonds. The summed E-state index contributed by atoms with van der Waals surface area (Å²) < 4.78 is 36.3. The Hall–Kier alpha value is -4.19. The van der Waals surface area contributed by atoms with Crippen molar-refractivity contribution in [3.8, 4) is 21.8 Å². The third kappa shape index (κ3) is 6.33. The number of morpholine rings is 1. The molecule has 3 heterocycles. The zero-order valence-corrected chi connectivity index (χ0v) is 24.6. The Bertz CT molecular complexity index is 1710. The van der Waals surface area contributed by atoms with Crippen LogP contribution in [0.25, 0.3) is 21.8 Å². The summed E-state index contributed by atoms with van der Waals surface area (Å²) in [5.74, 6) is 0.0502. The molecule has 2 N–H and O–H groups in total. The Morgan fingerprint density at radius 2 is 1.81 bits per heavy atom. The van der Waals surface area contributed by atoms with Crippen molar-refractivity contribution < 1.29 is 13.3 Å². The second-order valence-corrected chi connectivity index (χ2v) is 11.9. The number of thiazole rings is 1. The monoisotopic (exact) mass is 600 g/mol. The number of ether oxygens (including phenoxy) is 1. The quantitative estimate of drug-likeness (QED) is 0.195. The lowest BCUT2D eigenvalue weighted by atomic mass is 10.1. The van der Waals surface area contributed by atoms with Gasteiger partial charge in [0.1, 0.15) is 16.8 Å². The summed E-state index contributed by atoms with van der Waals surface area (Å²) in [4.78, 5) is 17.6. The van der Waals surface area contributed by atoms with E-state index in [0.29, 0.717) is 54.2 Å². The van der Waals surface area contributed by atoms with Crippen molar-refractivity contribution in [2.24, 2.45) is 0 Å². The van der Waals surface area contributed by atoms with Gasteiger partial charge in [-0.3, -0.25) is 0 Å². The van der Waals surface area contributed by atoms with Gasteiger partial charge in [-0.2, -0.15) is 0 Å². The number of hydrogen-bond donors (Lipinski definition) is 2. The molecule has 11 heteroatoms. The van der Waals surface area contributed by atoms with Gasteiger partial charge in [-0.15, -0.1) is 11.3 Å². The van der Waals surface area contributed by atoms with Crippen LogP contribution in [0.15, 0.2) is 90.0 Å². The highest BCUT2D eigenvalue weighted by Crippen LogP contribution is 2.37. The third-order valence-corrected chi connectivity index (χ3v) is 9.07. The SMILES string of the molecule is CCc1nc(-c2cccc(NS(=O)c3ccccc3)c2)c(-c2ccnc(Nc3ccc(N4CCOCC4)c(F)c3)n2)s1. The average Bonchev–Trinajstić information content (AvgIpc) is 3.47. The topological polar surface area (TPSA) is 92.3 Å². The van der Waals surface area contributed by atoms with Crippen LogP contribution in [0.4, 0.5) is 27.4 Å². The van der Waals surface area contributed by atoms with Crippen molar-refractivity contribution in [2.75, 3.05) is 41.2 Å². The van der Waals surface area contributed by atoms with E-state index in [0.717, 1.165) is 33.3 Å². The van der Waals surface area contributed by atoms with E-state index < -0.39 is 11.0 Å². The molecule has 3 aromatic carbocycles. The van der Waals surface area contributed by atoms with Crippen LogP contribution in [-0.4, -0.2) is 45.5 Å². The summed E-state index contributed by atoms with van der Waals surface area (Å²) in [6, 6.07) is 23.9. The summed E-state index contributed by atoms with van der Waals surface area (Å²) in [5, 5.41) is 4.12. The first-order valence-electron chi connectivity index (χ1n) is 13.6. The Morgan fingerprint density at radius 3 is 2.60 bits per heavy atom. The second-order valence-electron chi connectivity index (χ2n) is 9.56. The maximum Gasteiger partial charge on any atom is 0.227 e. The van der Waals surface area contributed by atoms with Gasteiger partial charge >= 0.3 is 0 Å². The van der Waals surface area contributed by atoms with Crippen LogP contribution in [0.3, 0.4) is 0 Å². The molecule has 1 aliphatic rings. The second kappa shape index (κ2) is 12.8. The van der Waals surface area contributed by atoms with Crippen LogP contribution in [-0.2, 0) is 22.1 Å². The van der Waals surface area contributed by atoms with E-state index in [2.05, 4.69) is 21.9 Å². The minimum Gasteiger partial charge on any atom is -0.378 e. The Balaban J connectivity index is 1.25. The predicted octanol–water partition coefficient (Wildman–Crippen LogP) is 6.68. The fraction of sp³-hybridized carbons (Fsp3) is 0.194. The molecular weight excluding hydrogens is 572 g/mol. The van der Waals surface area contributed by atoms with Crippen molar-refractivity contribution in [1.29, 1.82) is 0 Å². The number of aromatic nitrogens is 3. The Morgan fingerprint density at radius 1 is 0.976 bits per heavy atom. The van der Waals surface area contributed by atoms with Gasteiger partial charge in [-0.1, -0.05) is 37.3 Å². The molecule has 0 spiro atoms. The van der Waals surface area contributed by atoms with E-state index in [9.17, 15) is 8.60 Å². The molecule has 0 bridgehead atoms. The molecule has 1 unspecified atom stereocenters. The summed E-state index contributed by atoms with van der Waals surface area (Å²) >= 11 is 1.57. The minimum atomic E-state index is -1.40. The molecular formula is C31H29FN6O2S2. The number of rotatable bonds is 9. The molecule has 2 aromatic heterocycles. The van der Waals surface area contributed by atoms with Crippen molar-refractivity contribution >= 4 is 45.3 Å². The molecule has 5 aromatic rings. The van der Waals surface area contributed by atoms with Gasteiger partial charge in [0.15, 0.2) is 0 Å². The molecule has 214 valence electrons. The molecule has 0 aliphatic carbocycles. The first-order chi connectivity index (χ1) is 20.6. The zero-order valence-electron chi connectivity index (χ0n) is 22.9. The van der Waals surface area contributed by atoms with Crippen LogP contribution in [0.5, 0.6) is 0 Å². The largest absolute Gasteiger partial charge is 0.378 e. The van der Waals surface area contributed by atoms with E-state index in [1.807, 2.05) is 71.6 Å². The Labute approximate surface area is 250 Å². The van der Waals surface area contributed by atoms with E-state index in [1.165, 1.54) is 6.07 Å². The lowest BCUT2D eigenvalue weighted by Gasteiger charge is -2.29. The predicted molar refractivity (Wildman–Crippen MR) is 167 cm³/mol. The maximum atomic E-state index is 15.0. The smallest absolute Gasteiger partial charge is 0.227 e. The van der Waals surface area contributed by atoms with Gasteiger partial charge in [-0.25, -0.2) is 23.6 Å². The van der Waals surface area contributed by atoms with Gasteiger partial charge in [-0.05, 0) is 55.0 Å². The standard InChI is InChI=1S/C31H29FN6O2S2/c1-2-28-36-29(21-7-6-8-23(19-21)37-42(39)24-9-4-3-5-10-24)30(41-28)26-13-14-33-31(35-26)34-22-11-12-27(25(32)20-22)38-15-17-40-18-16-38/h3-14,19-20,37H,2,15-18H2,1H3,(H,33,34,35). The summed E-state index contributed by atoms with van der Waals surface area (Å²) in [5.41, 5.74) is 4.21. The number of hydrogen-bond acceptors (Lipinski definition) is 8. The van der Waals surface area contributed by atoms with Crippen molar-refractivity contribution in [2.45, 2.75) is 18.2 Å². The summed E-state index contributed by atoms with van der Waals surface area (Å²) in [7, 11) is -1.40. The highest BCUT2D eigenvalue weighted by molar-refractivity contribution is 7.86. The first-order valence-corrected chi connectivity index (χ1v) is 15.6. The average molecular weight is 601 g/mol. The maximum absolute atomic E-state index is 15.0. The van der Waals surface area contributed by atoms with Crippen LogP contribution in [0.2, 0.25) is 0 Å². The fourth-order valence-corrected chi connectivity index (χ4v) is 6.50. The summed E-state index contributed by atoms with van der Waals surface area (Å²) in [6.07, 6.45) is 2.46. The van der Waals surface area contributed by atoms with Crippen LogP contribution < -0.4 is 14.9 Å².